The molecular weight excluding hydrogens is 380 g/mol. The quantitative estimate of drug-likeness (QED) is 0.654. The normalized spacial score (nSPS) is 11.2. The number of ether oxygens (including phenoxy) is 2. The number of pyridine rings is 1. The summed E-state index contributed by atoms with van der Waals surface area (Å²) < 4.78 is 35.0. The Morgan fingerprint density at radius 1 is 1.14 bits per heavy atom. The van der Waals surface area contributed by atoms with Crippen molar-refractivity contribution in [1.82, 2.24) is 9.71 Å². The van der Waals surface area contributed by atoms with Gasteiger partial charge in [0.25, 0.3) is 10.2 Å². The lowest BCUT2D eigenvalue weighted by Gasteiger charge is -2.13. The fraction of sp³-hybridized carbons (Fsp3) is 0.158. The molecule has 0 aliphatic carbocycles. The van der Waals surface area contributed by atoms with E-state index in [9.17, 15) is 13.7 Å². The van der Waals surface area contributed by atoms with Crippen LogP contribution >= 0.6 is 0 Å². The van der Waals surface area contributed by atoms with Crippen LogP contribution in [0.1, 0.15) is 11.1 Å². The van der Waals surface area contributed by atoms with Crippen molar-refractivity contribution in [2.45, 2.75) is 6.54 Å². The molecule has 0 radical (unpaired) electrons. The maximum atomic E-state index is 11.0. The summed E-state index contributed by atoms with van der Waals surface area (Å²) in [6.07, 6.45) is 1.51. The summed E-state index contributed by atoms with van der Waals surface area (Å²) in [5.41, 5.74) is 3.30. The van der Waals surface area contributed by atoms with Crippen LogP contribution in [0.2, 0.25) is 0 Å². The van der Waals surface area contributed by atoms with Crippen LogP contribution in [-0.4, -0.2) is 27.6 Å². The van der Waals surface area contributed by atoms with E-state index in [0.717, 1.165) is 16.5 Å². The van der Waals surface area contributed by atoms with Crippen molar-refractivity contribution in [3.05, 3.63) is 53.7 Å². The highest BCUT2D eigenvalue weighted by Gasteiger charge is 2.15. The first-order valence-corrected chi connectivity index (χ1v) is 9.72. The number of nitrogens with two attached hydrogens (primary N) is 1. The fourth-order valence-corrected chi connectivity index (χ4v) is 3.26. The van der Waals surface area contributed by atoms with Gasteiger partial charge in [0.05, 0.1) is 25.3 Å². The van der Waals surface area contributed by atoms with Gasteiger partial charge in [-0.1, -0.05) is 24.3 Å². The molecule has 0 unspecified atom stereocenters. The van der Waals surface area contributed by atoms with Gasteiger partial charge in [-0.2, -0.15) is 18.4 Å². The molecule has 0 aliphatic rings. The summed E-state index contributed by atoms with van der Waals surface area (Å²) in [5.74, 6) is 1.07. The van der Waals surface area contributed by atoms with Gasteiger partial charge >= 0.3 is 0 Å². The predicted molar refractivity (Wildman–Crippen MR) is 105 cm³/mol. The van der Waals surface area contributed by atoms with E-state index in [2.05, 4.69) is 15.8 Å². The zero-order valence-corrected chi connectivity index (χ0v) is 16.1. The third-order valence-electron chi connectivity index (χ3n) is 4.21. The Bertz CT molecular complexity index is 1170. The standard InChI is InChI=1S/C19H18N4O4S/c1-26-17-7-15-16(8-18(17)27-2)22-11-14(9-20)19(15)13-5-3-12(4-6-13)10-23-28(21,24)25/h3-8,11,23H,10H2,1-2H3,(H2,21,24,25). The molecule has 3 aromatic rings. The molecule has 3 N–H and O–H groups in total. The van der Waals surface area contributed by atoms with Crippen LogP contribution in [0, 0.1) is 11.3 Å². The molecule has 0 fully saturated rings. The van der Waals surface area contributed by atoms with E-state index in [4.69, 9.17) is 14.6 Å². The van der Waals surface area contributed by atoms with Crippen LogP contribution in [0.3, 0.4) is 0 Å². The van der Waals surface area contributed by atoms with Gasteiger partial charge in [0, 0.05) is 29.8 Å². The number of fused-ring (bicyclic) bond motifs is 1. The average Bonchev–Trinajstić information content (AvgIpc) is 2.70. The largest absolute Gasteiger partial charge is 0.493 e. The SMILES string of the molecule is COc1cc2ncc(C#N)c(-c3ccc(CNS(N)(=O)=O)cc3)c2cc1OC. The lowest BCUT2D eigenvalue weighted by atomic mass is 9.96. The van der Waals surface area contributed by atoms with E-state index in [0.29, 0.717) is 28.1 Å². The van der Waals surface area contributed by atoms with Crippen molar-refractivity contribution in [1.29, 1.82) is 5.26 Å². The van der Waals surface area contributed by atoms with Crippen molar-refractivity contribution in [2.75, 3.05) is 14.2 Å². The monoisotopic (exact) mass is 398 g/mol. The molecule has 2 aromatic carbocycles. The lowest BCUT2D eigenvalue weighted by Crippen LogP contribution is -2.30. The van der Waals surface area contributed by atoms with E-state index in [1.54, 1.807) is 31.4 Å². The molecule has 0 spiro atoms. The third-order valence-corrected chi connectivity index (χ3v) is 4.76. The second-order valence-electron chi connectivity index (χ2n) is 5.95. The highest BCUT2D eigenvalue weighted by atomic mass is 32.2. The van der Waals surface area contributed by atoms with E-state index >= 15 is 0 Å². The summed E-state index contributed by atoms with van der Waals surface area (Å²) in [7, 11) is -0.681. The number of benzene rings is 2. The van der Waals surface area contributed by atoms with E-state index in [1.807, 2.05) is 12.1 Å². The molecule has 0 amide bonds. The molecular formula is C19H18N4O4S. The van der Waals surface area contributed by atoms with Gasteiger partial charge in [0.1, 0.15) is 6.07 Å². The summed E-state index contributed by atoms with van der Waals surface area (Å²) in [4.78, 5) is 4.35. The topological polar surface area (TPSA) is 127 Å². The average molecular weight is 398 g/mol. The number of hydrogen-bond donors (Lipinski definition) is 2. The highest BCUT2D eigenvalue weighted by Crippen LogP contribution is 2.37. The smallest absolute Gasteiger partial charge is 0.274 e. The maximum Gasteiger partial charge on any atom is 0.274 e. The molecule has 144 valence electrons. The number of nitriles is 1. The van der Waals surface area contributed by atoms with Crippen molar-refractivity contribution in [2.24, 2.45) is 5.14 Å². The molecule has 0 bridgehead atoms. The van der Waals surface area contributed by atoms with Crippen LogP contribution in [0.25, 0.3) is 22.0 Å². The zero-order chi connectivity index (χ0) is 20.3. The minimum absolute atomic E-state index is 0.0757. The van der Waals surface area contributed by atoms with Crippen molar-refractivity contribution < 1.29 is 17.9 Å². The molecule has 0 saturated heterocycles. The Kier molecular flexibility index (Phi) is 5.46. The first kappa shape index (κ1) is 19.6. The fourth-order valence-electron chi connectivity index (χ4n) is 2.89. The van der Waals surface area contributed by atoms with E-state index in [1.165, 1.54) is 13.3 Å². The Balaban J connectivity index is 2.12. The minimum atomic E-state index is -3.77. The van der Waals surface area contributed by atoms with Crippen LogP contribution in [0.4, 0.5) is 0 Å². The van der Waals surface area contributed by atoms with Gasteiger partial charge in [-0.05, 0) is 17.2 Å². The van der Waals surface area contributed by atoms with Gasteiger partial charge < -0.3 is 9.47 Å². The molecule has 1 heterocycles. The second-order valence-corrected chi connectivity index (χ2v) is 7.32. The van der Waals surface area contributed by atoms with Crippen LogP contribution in [-0.2, 0) is 16.8 Å². The van der Waals surface area contributed by atoms with Gasteiger partial charge in [-0.25, -0.2) is 5.14 Å². The summed E-state index contributed by atoms with van der Waals surface area (Å²) in [6.45, 7) is 0.0757. The van der Waals surface area contributed by atoms with Gasteiger partial charge in [0.2, 0.25) is 0 Å². The predicted octanol–water partition coefficient (Wildman–Crippen LogP) is 2.08. The second kappa shape index (κ2) is 7.82. The molecule has 1 aromatic heterocycles. The highest BCUT2D eigenvalue weighted by molar-refractivity contribution is 7.87. The zero-order valence-electron chi connectivity index (χ0n) is 15.3. The molecule has 0 saturated carbocycles. The molecule has 0 atom stereocenters. The lowest BCUT2D eigenvalue weighted by molar-refractivity contribution is 0.356. The molecule has 9 heteroatoms. The van der Waals surface area contributed by atoms with Gasteiger partial charge in [0.15, 0.2) is 11.5 Å². The Hall–Kier alpha value is -3.19. The maximum absolute atomic E-state index is 11.0. The van der Waals surface area contributed by atoms with Crippen LogP contribution in [0.5, 0.6) is 11.5 Å². The number of nitrogens with zero attached hydrogens (tertiary/aromatic N) is 2. The Morgan fingerprint density at radius 3 is 2.36 bits per heavy atom. The summed E-state index contributed by atoms with van der Waals surface area (Å²) in [6, 6.07) is 12.9. The molecule has 0 aliphatic heterocycles. The molecule has 3 rings (SSSR count). The summed E-state index contributed by atoms with van der Waals surface area (Å²) in [5, 5.41) is 15.3. The van der Waals surface area contributed by atoms with Crippen LogP contribution < -0.4 is 19.3 Å². The minimum Gasteiger partial charge on any atom is -0.493 e. The van der Waals surface area contributed by atoms with E-state index in [-0.39, 0.29) is 6.54 Å². The number of methoxy groups -OCH3 is 2. The number of hydrogen-bond acceptors (Lipinski definition) is 6. The van der Waals surface area contributed by atoms with Crippen molar-refractivity contribution in [3.63, 3.8) is 0 Å². The van der Waals surface area contributed by atoms with Gasteiger partial charge in [-0.15, -0.1) is 0 Å². The molecule has 8 nitrogen and oxygen atoms in total. The third kappa shape index (κ3) is 4.04. The van der Waals surface area contributed by atoms with Gasteiger partial charge in [-0.3, -0.25) is 4.98 Å². The van der Waals surface area contributed by atoms with Crippen molar-refractivity contribution in [3.8, 4) is 28.7 Å². The van der Waals surface area contributed by atoms with E-state index < -0.39 is 10.2 Å². The first-order valence-electron chi connectivity index (χ1n) is 8.18. The number of nitrogens with one attached hydrogen (secondary N) is 1. The number of rotatable bonds is 6. The summed E-state index contributed by atoms with van der Waals surface area (Å²) >= 11 is 0. The Labute approximate surface area is 162 Å². The number of aromatic nitrogens is 1. The Morgan fingerprint density at radius 2 is 1.79 bits per heavy atom. The first-order chi connectivity index (χ1) is 13.4. The molecule has 28 heavy (non-hydrogen) atoms. The van der Waals surface area contributed by atoms with Crippen molar-refractivity contribution >= 4 is 21.1 Å². The van der Waals surface area contributed by atoms with Crippen LogP contribution in [0.15, 0.2) is 42.6 Å².